The van der Waals surface area contributed by atoms with E-state index in [1.165, 1.54) is 0 Å². The Morgan fingerprint density at radius 3 is 2.62 bits per heavy atom. The van der Waals surface area contributed by atoms with Crippen LogP contribution in [0.1, 0.15) is 85.0 Å². The largest absolute Gasteiger partial charge is 0.456 e. The number of ether oxygens (including phenoxy) is 3. The van der Waals surface area contributed by atoms with Gasteiger partial charge in [0.1, 0.15) is 17.5 Å². The maximum Gasteiger partial charge on any atom is 0.333 e. The minimum absolute atomic E-state index is 0.0400. The van der Waals surface area contributed by atoms with Gasteiger partial charge in [-0.15, -0.1) is 0 Å². The summed E-state index contributed by atoms with van der Waals surface area (Å²) in [5, 5.41) is 24.6. The number of carbonyl (C=O) groups is 2. The molecule has 220 valence electrons. The molecule has 9 heteroatoms. The number of Topliss-reactive ketones (excluding diaryl/α,β-unsaturated/α-hetero) is 1. The van der Waals surface area contributed by atoms with Crippen molar-refractivity contribution < 1.29 is 34.0 Å². The number of esters is 1. The van der Waals surface area contributed by atoms with Crippen LogP contribution < -0.4 is 11.1 Å². The SMILES string of the molecule is CC=C(C)C(=O)O[C@H]1CC2C(CC3OC(CO)CC(=O)C3C2O)O[C@@]1(C)C1(CC2CCC(N)NC2)CCCC1. The van der Waals surface area contributed by atoms with Crippen molar-refractivity contribution in [2.24, 2.45) is 28.9 Å². The van der Waals surface area contributed by atoms with Gasteiger partial charge in [0.2, 0.25) is 0 Å². The monoisotopic (exact) mass is 548 g/mol. The maximum atomic E-state index is 13.1. The average Bonchev–Trinajstić information content (AvgIpc) is 3.40. The molecule has 0 aromatic rings. The number of rotatable bonds is 6. The third-order valence-corrected chi connectivity index (χ3v) is 10.9. The Morgan fingerprint density at radius 1 is 1.23 bits per heavy atom. The molecule has 5 fully saturated rings. The lowest BCUT2D eigenvalue weighted by atomic mass is 9.59. The zero-order valence-electron chi connectivity index (χ0n) is 23.8. The fourth-order valence-electron chi connectivity index (χ4n) is 8.43. The van der Waals surface area contributed by atoms with Gasteiger partial charge in [-0.1, -0.05) is 18.9 Å². The molecule has 8 unspecified atom stereocenters. The van der Waals surface area contributed by atoms with E-state index in [1.54, 1.807) is 13.0 Å². The number of piperidine rings is 1. The van der Waals surface area contributed by atoms with Crippen molar-refractivity contribution in [2.75, 3.05) is 13.2 Å². The highest BCUT2D eigenvalue weighted by atomic mass is 16.6. The van der Waals surface area contributed by atoms with Gasteiger partial charge in [-0.2, -0.15) is 0 Å². The lowest BCUT2D eigenvalue weighted by Crippen LogP contribution is -2.68. The lowest BCUT2D eigenvalue weighted by molar-refractivity contribution is -0.293. The highest BCUT2D eigenvalue weighted by Crippen LogP contribution is 2.59. The van der Waals surface area contributed by atoms with Gasteiger partial charge < -0.3 is 35.5 Å². The molecule has 10 atom stereocenters. The van der Waals surface area contributed by atoms with Crippen molar-refractivity contribution in [1.82, 2.24) is 5.32 Å². The Balaban J connectivity index is 1.47. The molecule has 2 saturated carbocycles. The van der Waals surface area contributed by atoms with Crippen LogP contribution in [0.3, 0.4) is 0 Å². The van der Waals surface area contributed by atoms with Gasteiger partial charge in [-0.05, 0) is 71.8 Å². The maximum absolute atomic E-state index is 13.1. The molecule has 5 N–H and O–H groups in total. The van der Waals surface area contributed by atoms with Crippen molar-refractivity contribution >= 4 is 11.8 Å². The number of ketones is 1. The molecule has 5 rings (SSSR count). The molecule has 0 amide bonds. The summed E-state index contributed by atoms with van der Waals surface area (Å²) in [6, 6.07) is 0. The summed E-state index contributed by atoms with van der Waals surface area (Å²) in [4.78, 5) is 26.1. The normalized spacial score (nSPS) is 44.4. The second-order valence-corrected chi connectivity index (χ2v) is 13.1. The molecule has 0 aromatic carbocycles. The van der Waals surface area contributed by atoms with Gasteiger partial charge in [0.15, 0.2) is 0 Å². The molecule has 0 bridgehead atoms. The number of hydrogen-bond acceptors (Lipinski definition) is 9. The summed E-state index contributed by atoms with van der Waals surface area (Å²) in [5.41, 5.74) is 5.73. The first kappa shape index (κ1) is 29.1. The predicted molar refractivity (Wildman–Crippen MR) is 144 cm³/mol. The molecule has 0 spiro atoms. The molecule has 3 aliphatic heterocycles. The van der Waals surface area contributed by atoms with E-state index in [9.17, 15) is 19.8 Å². The molecular formula is C30H48N2O7. The van der Waals surface area contributed by atoms with E-state index in [4.69, 9.17) is 19.9 Å². The van der Waals surface area contributed by atoms with E-state index in [0.717, 1.165) is 51.5 Å². The van der Waals surface area contributed by atoms with Gasteiger partial charge in [0.25, 0.3) is 0 Å². The molecule has 0 aromatic heterocycles. The molecule has 0 radical (unpaired) electrons. The van der Waals surface area contributed by atoms with Gasteiger partial charge in [0.05, 0.1) is 43.1 Å². The van der Waals surface area contributed by atoms with Crippen LogP contribution in [0, 0.1) is 23.2 Å². The smallest absolute Gasteiger partial charge is 0.333 e. The van der Waals surface area contributed by atoms with Crippen LogP contribution in [0.25, 0.3) is 0 Å². The number of carbonyl (C=O) groups excluding carboxylic acids is 2. The van der Waals surface area contributed by atoms with Crippen LogP contribution in [0.4, 0.5) is 0 Å². The first-order chi connectivity index (χ1) is 18.6. The topological polar surface area (TPSA) is 140 Å². The van der Waals surface area contributed by atoms with E-state index in [2.05, 4.69) is 12.2 Å². The van der Waals surface area contributed by atoms with Crippen LogP contribution in [0.15, 0.2) is 11.6 Å². The number of nitrogens with one attached hydrogen (secondary N) is 1. The summed E-state index contributed by atoms with van der Waals surface area (Å²) in [6.07, 6.45) is 7.13. The molecule has 3 saturated heterocycles. The van der Waals surface area contributed by atoms with Crippen molar-refractivity contribution in [3.63, 3.8) is 0 Å². The van der Waals surface area contributed by atoms with Crippen LogP contribution in [-0.2, 0) is 23.8 Å². The number of aliphatic hydroxyl groups excluding tert-OH is 2. The van der Waals surface area contributed by atoms with E-state index in [0.29, 0.717) is 24.3 Å². The van der Waals surface area contributed by atoms with Crippen LogP contribution in [0.5, 0.6) is 0 Å². The Labute approximate surface area is 232 Å². The summed E-state index contributed by atoms with van der Waals surface area (Å²) in [7, 11) is 0. The quantitative estimate of drug-likeness (QED) is 0.291. The van der Waals surface area contributed by atoms with Gasteiger partial charge in [-0.25, -0.2) is 4.79 Å². The van der Waals surface area contributed by atoms with E-state index < -0.39 is 35.9 Å². The Kier molecular flexibility index (Phi) is 8.59. The Morgan fingerprint density at radius 2 is 1.97 bits per heavy atom. The van der Waals surface area contributed by atoms with Crippen molar-refractivity contribution in [1.29, 1.82) is 0 Å². The number of nitrogens with two attached hydrogens (primary N) is 1. The molecular weight excluding hydrogens is 500 g/mol. The molecule has 9 nitrogen and oxygen atoms in total. The summed E-state index contributed by atoms with van der Waals surface area (Å²) in [6.45, 7) is 6.35. The molecule has 5 aliphatic rings. The number of fused-ring (bicyclic) bond motifs is 2. The van der Waals surface area contributed by atoms with Gasteiger partial charge in [-0.3, -0.25) is 4.79 Å². The summed E-state index contributed by atoms with van der Waals surface area (Å²) >= 11 is 0. The molecule has 3 heterocycles. The average molecular weight is 549 g/mol. The minimum Gasteiger partial charge on any atom is -0.456 e. The Bertz CT molecular complexity index is 942. The lowest BCUT2D eigenvalue weighted by Gasteiger charge is -2.60. The van der Waals surface area contributed by atoms with Crippen molar-refractivity contribution in [2.45, 2.75) is 127 Å². The fraction of sp³-hybridized carbons (Fsp3) is 0.867. The van der Waals surface area contributed by atoms with E-state index in [1.807, 2.05) is 6.92 Å². The zero-order chi connectivity index (χ0) is 27.9. The Hall–Kier alpha value is -1.36. The molecule has 2 aliphatic carbocycles. The van der Waals surface area contributed by atoms with Crippen LogP contribution in [-0.4, -0.2) is 77.4 Å². The zero-order valence-corrected chi connectivity index (χ0v) is 23.8. The van der Waals surface area contributed by atoms with Crippen molar-refractivity contribution in [3.05, 3.63) is 11.6 Å². The first-order valence-electron chi connectivity index (χ1n) is 15.1. The standard InChI is InChI=1S/C30H48N2O7/c1-4-17(2)28(36)38-24-12-20-22(13-23-26(27(20)35)21(34)11-19(16-33)37-23)39-29(24,3)30(9-5-6-10-30)14-18-7-8-25(31)32-15-18/h4,18-20,22-27,32-33,35H,5-16,31H2,1-3H3/t18?,19?,20?,22?,23?,24-,25?,26?,27?,29+/m0/s1. The number of allylic oxidation sites excluding steroid dienone is 1. The predicted octanol–water partition coefficient (Wildman–Crippen LogP) is 2.36. The summed E-state index contributed by atoms with van der Waals surface area (Å²) in [5.74, 6) is -0.957. The second kappa shape index (κ2) is 11.5. The summed E-state index contributed by atoms with van der Waals surface area (Å²) < 4.78 is 19.5. The second-order valence-electron chi connectivity index (χ2n) is 13.1. The first-order valence-corrected chi connectivity index (χ1v) is 15.1. The van der Waals surface area contributed by atoms with Crippen LogP contribution in [0.2, 0.25) is 0 Å². The highest BCUT2D eigenvalue weighted by Gasteiger charge is 2.64. The van der Waals surface area contributed by atoms with Gasteiger partial charge >= 0.3 is 5.97 Å². The number of hydrogen-bond donors (Lipinski definition) is 4. The third kappa shape index (κ3) is 5.35. The van der Waals surface area contributed by atoms with Crippen molar-refractivity contribution in [3.8, 4) is 0 Å². The van der Waals surface area contributed by atoms with E-state index >= 15 is 0 Å². The van der Waals surface area contributed by atoms with E-state index in [-0.39, 0.29) is 48.4 Å². The highest BCUT2D eigenvalue weighted by molar-refractivity contribution is 5.87. The number of aliphatic hydroxyl groups is 2. The third-order valence-electron chi connectivity index (χ3n) is 10.9. The van der Waals surface area contributed by atoms with Gasteiger partial charge in [0, 0.05) is 29.7 Å². The molecule has 39 heavy (non-hydrogen) atoms. The van der Waals surface area contributed by atoms with Crippen LogP contribution >= 0.6 is 0 Å². The fourth-order valence-corrected chi connectivity index (χ4v) is 8.43. The minimum atomic E-state index is -0.946.